The van der Waals surface area contributed by atoms with Gasteiger partial charge in [-0.05, 0) is 24.3 Å². The van der Waals surface area contributed by atoms with Crippen molar-refractivity contribution in [3.05, 3.63) is 50.1 Å². The summed E-state index contributed by atoms with van der Waals surface area (Å²) in [6.07, 6.45) is 0. The molecule has 1 aromatic carbocycles. The molecular weight excluding hydrogens is 305 g/mol. The van der Waals surface area contributed by atoms with E-state index >= 15 is 0 Å². The number of hydrogen-bond donors (Lipinski definition) is 0. The third kappa shape index (κ3) is 3.48. The molecule has 2 rings (SSSR count). The lowest BCUT2D eigenvalue weighted by Crippen LogP contribution is -2.11. The maximum absolute atomic E-state index is 11.9. The van der Waals surface area contributed by atoms with Gasteiger partial charge in [0.25, 0.3) is 0 Å². The average molecular weight is 312 g/mol. The highest BCUT2D eigenvalue weighted by Gasteiger charge is 2.14. The van der Waals surface area contributed by atoms with Crippen molar-refractivity contribution >= 4 is 40.3 Å². The van der Waals surface area contributed by atoms with Crippen LogP contribution in [0.15, 0.2) is 30.3 Å². The van der Waals surface area contributed by atoms with Crippen LogP contribution in [0.2, 0.25) is 8.67 Å². The summed E-state index contributed by atoms with van der Waals surface area (Å²) >= 11 is 12.8. The molecule has 0 bridgehead atoms. The summed E-state index contributed by atoms with van der Waals surface area (Å²) in [6, 6.07) is 10.1. The van der Waals surface area contributed by atoms with E-state index in [4.69, 9.17) is 33.2 Å². The Balaban J connectivity index is 2.04. The van der Waals surface area contributed by atoms with E-state index in [0.717, 1.165) is 11.3 Å². The lowest BCUT2D eigenvalue weighted by Gasteiger charge is -2.04. The van der Waals surface area contributed by atoms with Gasteiger partial charge in [0.2, 0.25) is 5.78 Å². The van der Waals surface area contributed by atoms with Crippen LogP contribution in [-0.2, 0) is 0 Å². The fraction of sp³-hybridized carbons (Fsp3) is 0.0769. The van der Waals surface area contributed by atoms with Crippen LogP contribution in [0.1, 0.15) is 15.9 Å². The van der Waals surface area contributed by atoms with Crippen LogP contribution in [0, 0.1) is 11.3 Å². The van der Waals surface area contributed by atoms with Crippen LogP contribution in [-0.4, -0.2) is 12.4 Å². The topological polar surface area (TPSA) is 50.1 Å². The second kappa shape index (κ2) is 6.07. The Morgan fingerprint density at radius 2 is 2.16 bits per heavy atom. The van der Waals surface area contributed by atoms with Crippen molar-refractivity contribution in [3.63, 3.8) is 0 Å². The molecular formula is C13H7Cl2NO2S. The molecule has 96 valence electrons. The van der Waals surface area contributed by atoms with E-state index < -0.39 is 0 Å². The highest BCUT2D eigenvalue weighted by atomic mass is 35.5. The zero-order chi connectivity index (χ0) is 13.8. The first-order valence-electron chi connectivity index (χ1n) is 5.21. The first-order chi connectivity index (χ1) is 9.10. The fourth-order valence-electron chi connectivity index (χ4n) is 1.41. The van der Waals surface area contributed by atoms with E-state index in [1.807, 2.05) is 6.07 Å². The number of thiophene rings is 1. The molecule has 0 aliphatic carbocycles. The monoisotopic (exact) mass is 311 g/mol. The third-order valence-corrected chi connectivity index (χ3v) is 3.78. The Kier molecular flexibility index (Phi) is 4.43. The van der Waals surface area contributed by atoms with Crippen molar-refractivity contribution < 1.29 is 9.53 Å². The minimum atomic E-state index is -0.254. The standard InChI is InChI=1S/C13H7Cl2NO2S/c14-12-5-10(13(15)19-12)11(17)7-18-9-3-1-2-8(4-9)6-16/h1-5H,7H2. The molecule has 0 saturated heterocycles. The fourth-order valence-corrected chi connectivity index (χ4v) is 2.91. The minimum absolute atomic E-state index is 0.151. The average Bonchev–Trinajstić information content (AvgIpc) is 2.75. The van der Waals surface area contributed by atoms with Gasteiger partial charge >= 0.3 is 0 Å². The molecule has 1 heterocycles. The quantitative estimate of drug-likeness (QED) is 0.795. The summed E-state index contributed by atoms with van der Waals surface area (Å²) < 4.78 is 6.14. The van der Waals surface area contributed by atoms with Gasteiger partial charge in [-0.1, -0.05) is 29.3 Å². The van der Waals surface area contributed by atoms with Crippen LogP contribution in [0.3, 0.4) is 0 Å². The van der Waals surface area contributed by atoms with Gasteiger partial charge in [0, 0.05) is 0 Å². The molecule has 0 unspecified atom stereocenters. The van der Waals surface area contributed by atoms with E-state index in [9.17, 15) is 4.79 Å². The first-order valence-corrected chi connectivity index (χ1v) is 6.78. The lowest BCUT2D eigenvalue weighted by molar-refractivity contribution is 0.0922. The van der Waals surface area contributed by atoms with Crippen molar-refractivity contribution in [2.75, 3.05) is 6.61 Å². The summed E-state index contributed by atoms with van der Waals surface area (Å²) in [5.74, 6) is 0.209. The molecule has 6 heteroatoms. The van der Waals surface area contributed by atoms with Gasteiger partial charge in [-0.15, -0.1) is 11.3 Å². The van der Waals surface area contributed by atoms with E-state index in [0.29, 0.717) is 25.5 Å². The number of carbonyl (C=O) groups excluding carboxylic acids is 1. The number of nitrogens with zero attached hydrogens (tertiary/aromatic N) is 1. The SMILES string of the molecule is N#Cc1cccc(OCC(=O)c2cc(Cl)sc2Cl)c1. The lowest BCUT2D eigenvalue weighted by atomic mass is 10.2. The minimum Gasteiger partial charge on any atom is -0.485 e. The van der Waals surface area contributed by atoms with Gasteiger partial charge in [0.1, 0.15) is 10.1 Å². The van der Waals surface area contributed by atoms with Crippen molar-refractivity contribution in [2.24, 2.45) is 0 Å². The zero-order valence-electron chi connectivity index (χ0n) is 9.52. The molecule has 3 nitrogen and oxygen atoms in total. The zero-order valence-corrected chi connectivity index (χ0v) is 11.9. The smallest absolute Gasteiger partial charge is 0.202 e. The summed E-state index contributed by atoms with van der Waals surface area (Å²) in [7, 11) is 0. The van der Waals surface area contributed by atoms with Crippen LogP contribution in [0.25, 0.3) is 0 Å². The van der Waals surface area contributed by atoms with Gasteiger partial charge in [0.05, 0.1) is 21.5 Å². The number of carbonyl (C=O) groups is 1. The van der Waals surface area contributed by atoms with Crippen LogP contribution in [0.4, 0.5) is 0 Å². The highest BCUT2D eigenvalue weighted by Crippen LogP contribution is 2.31. The number of Topliss-reactive ketones (excluding diaryl/α,β-unsaturated/α-hetero) is 1. The number of ether oxygens (including phenoxy) is 1. The van der Waals surface area contributed by atoms with Crippen molar-refractivity contribution in [2.45, 2.75) is 0 Å². The van der Waals surface area contributed by atoms with E-state index in [1.165, 1.54) is 6.07 Å². The van der Waals surface area contributed by atoms with Gasteiger partial charge < -0.3 is 4.74 Å². The first kappa shape index (κ1) is 13.9. The predicted molar refractivity (Wildman–Crippen MR) is 75.3 cm³/mol. The Bertz CT molecular complexity index is 661. The maximum Gasteiger partial charge on any atom is 0.202 e. The Morgan fingerprint density at radius 1 is 1.37 bits per heavy atom. The second-order valence-electron chi connectivity index (χ2n) is 3.59. The largest absolute Gasteiger partial charge is 0.485 e. The summed E-state index contributed by atoms with van der Waals surface area (Å²) in [5, 5.41) is 8.75. The number of halogens is 2. The molecule has 0 fully saturated rings. The van der Waals surface area contributed by atoms with E-state index in [-0.39, 0.29) is 12.4 Å². The molecule has 0 atom stereocenters. The van der Waals surface area contributed by atoms with Gasteiger partial charge in [-0.25, -0.2) is 0 Å². The van der Waals surface area contributed by atoms with Crippen LogP contribution >= 0.6 is 34.5 Å². The van der Waals surface area contributed by atoms with Crippen molar-refractivity contribution in [1.82, 2.24) is 0 Å². The molecule has 0 spiro atoms. The molecule has 0 aliphatic heterocycles. The Hall–Kier alpha value is -1.54. The van der Waals surface area contributed by atoms with Crippen molar-refractivity contribution in [1.29, 1.82) is 5.26 Å². The van der Waals surface area contributed by atoms with Gasteiger partial charge in [-0.2, -0.15) is 5.26 Å². The molecule has 1 aromatic heterocycles. The number of nitriles is 1. The molecule has 0 amide bonds. The van der Waals surface area contributed by atoms with Crippen LogP contribution in [0.5, 0.6) is 5.75 Å². The van der Waals surface area contributed by atoms with Crippen molar-refractivity contribution in [3.8, 4) is 11.8 Å². The third-order valence-electron chi connectivity index (χ3n) is 2.29. The van der Waals surface area contributed by atoms with E-state index in [2.05, 4.69) is 0 Å². The van der Waals surface area contributed by atoms with Gasteiger partial charge in [-0.3, -0.25) is 4.79 Å². The molecule has 19 heavy (non-hydrogen) atoms. The highest BCUT2D eigenvalue weighted by molar-refractivity contribution is 7.20. The second-order valence-corrected chi connectivity index (χ2v) is 5.87. The number of hydrogen-bond acceptors (Lipinski definition) is 4. The number of rotatable bonds is 4. The predicted octanol–water partition coefficient (Wildman–Crippen LogP) is 4.19. The van der Waals surface area contributed by atoms with E-state index in [1.54, 1.807) is 24.3 Å². The Morgan fingerprint density at radius 3 is 2.79 bits per heavy atom. The van der Waals surface area contributed by atoms with Crippen LogP contribution < -0.4 is 4.74 Å². The maximum atomic E-state index is 11.9. The summed E-state index contributed by atoms with van der Waals surface area (Å²) in [6.45, 7) is -0.151. The Labute approximate surface area is 123 Å². The summed E-state index contributed by atoms with van der Waals surface area (Å²) in [4.78, 5) is 11.9. The number of benzene rings is 1. The molecule has 0 N–H and O–H groups in total. The molecule has 0 saturated carbocycles. The normalized spacial score (nSPS) is 9.95. The van der Waals surface area contributed by atoms with Gasteiger partial charge in [0.15, 0.2) is 6.61 Å². The molecule has 0 aliphatic rings. The summed E-state index contributed by atoms with van der Waals surface area (Å²) in [5.41, 5.74) is 0.828. The number of ketones is 1. The molecule has 2 aromatic rings. The molecule has 0 radical (unpaired) electrons.